The first-order valence-electron chi connectivity index (χ1n) is 7.36. The van der Waals surface area contributed by atoms with Crippen molar-refractivity contribution in [1.29, 1.82) is 0 Å². The van der Waals surface area contributed by atoms with Crippen LogP contribution in [0, 0.1) is 0 Å². The lowest BCUT2D eigenvalue weighted by atomic mass is 10.2. The summed E-state index contributed by atoms with van der Waals surface area (Å²) in [5, 5.41) is 3.42. The molecule has 0 atom stereocenters. The lowest BCUT2D eigenvalue weighted by Crippen LogP contribution is -3.00. The second kappa shape index (κ2) is 8.86. The Hall–Kier alpha value is -0.450. The zero-order valence-corrected chi connectivity index (χ0v) is 15.3. The average Bonchev–Trinajstić information content (AvgIpc) is 2.90. The maximum absolute atomic E-state index is 6.08. The van der Waals surface area contributed by atoms with Crippen molar-refractivity contribution in [2.24, 2.45) is 0 Å². The van der Waals surface area contributed by atoms with Gasteiger partial charge in [-0.25, -0.2) is 0 Å². The van der Waals surface area contributed by atoms with E-state index in [1.807, 2.05) is 6.07 Å². The van der Waals surface area contributed by atoms with Crippen molar-refractivity contribution in [2.45, 2.75) is 58.2 Å². The fourth-order valence-electron chi connectivity index (χ4n) is 2.46. The standard InChI is InChI=1S/C16H24BrNO2.ClH/c1-11(2)18-10-12-8-15(19-3)16(9-14(12)17)20-13-6-4-5-7-13;/h8-9,11,13,18H,4-7,10H2,1-3H3;1H/p-1. The monoisotopic (exact) mass is 376 g/mol. The van der Waals surface area contributed by atoms with E-state index in [0.29, 0.717) is 12.1 Å². The Labute approximate surface area is 142 Å². The summed E-state index contributed by atoms with van der Waals surface area (Å²) in [7, 11) is 1.70. The third-order valence-corrected chi connectivity index (χ3v) is 4.37. The quantitative estimate of drug-likeness (QED) is 0.810. The van der Waals surface area contributed by atoms with Gasteiger partial charge in [-0.3, -0.25) is 0 Å². The first kappa shape index (κ1) is 18.6. The van der Waals surface area contributed by atoms with E-state index in [1.165, 1.54) is 18.4 Å². The van der Waals surface area contributed by atoms with E-state index in [0.717, 1.165) is 35.4 Å². The summed E-state index contributed by atoms with van der Waals surface area (Å²) in [6, 6.07) is 4.56. The molecule has 1 saturated carbocycles. The highest BCUT2D eigenvalue weighted by Crippen LogP contribution is 2.36. The number of rotatable bonds is 6. The molecule has 0 saturated heterocycles. The van der Waals surface area contributed by atoms with Gasteiger partial charge in [-0.05, 0) is 43.4 Å². The summed E-state index contributed by atoms with van der Waals surface area (Å²) < 4.78 is 12.6. The second-order valence-electron chi connectivity index (χ2n) is 5.65. The van der Waals surface area contributed by atoms with Gasteiger partial charge in [-0.1, -0.05) is 29.8 Å². The van der Waals surface area contributed by atoms with Crippen LogP contribution >= 0.6 is 15.9 Å². The number of ether oxygens (including phenoxy) is 2. The van der Waals surface area contributed by atoms with Crippen molar-refractivity contribution in [3.8, 4) is 11.5 Å². The summed E-state index contributed by atoms with van der Waals surface area (Å²) in [6.45, 7) is 5.10. The summed E-state index contributed by atoms with van der Waals surface area (Å²) in [4.78, 5) is 0. The van der Waals surface area contributed by atoms with Crippen LogP contribution in [0.25, 0.3) is 0 Å². The van der Waals surface area contributed by atoms with Gasteiger partial charge in [0.15, 0.2) is 11.5 Å². The number of methoxy groups -OCH3 is 1. The molecule has 0 spiro atoms. The van der Waals surface area contributed by atoms with E-state index in [2.05, 4.69) is 41.2 Å². The topological polar surface area (TPSA) is 30.5 Å². The van der Waals surface area contributed by atoms with Gasteiger partial charge in [0.1, 0.15) is 0 Å². The number of hydrogen-bond acceptors (Lipinski definition) is 3. The van der Waals surface area contributed by atoms with Crippen LogP contribution in [0.5, 0.6) is 11.5 Å². The fourth-order valence-corrected chi connectivity index (χ4v) is 2.93. The number of nitrogens with one attached hydrogen (secondary N) is 1. The van der Waals surface area contributed by atoms with Crippen LogP contribution in [0.2, 0.25) is 0 Å². The molecule has 0 bridgehead atoms. The Kier molecular flexibility index (Phi) is 7.85. The summed E-state index contributed by atoms with van der Waals surface area (Å²) >= 11 is 3.63. The van der Waals surface area contributed by atoms with Crippen molar-refractivity contribution in [3.63, 3.8) is 0 Å². The summed E-state index contributed by atoms with van der Waals surface area (Å²) in [5.41, 5.74) is 1.19. The van der Waals surface area contributed by atoms with Gasteiger partial charge in [-0.15, -0.1) is 0 Å². The zero-order chi connectivity index (χ0) is 14.5. The molecule has 1 aromatic rings. The molecule has 0 radical (unpaired) electrons. The Morgan fingerprint density at radius 3 is 2.48 bits per heavy atom. The van der Waals surface area contributed by atoms with Crippen molar-refractivity contribution in [1.82, 2.24) is 5.32 Å². The molecule has 0 amide bonds. The smallest absolute Gasteiger partial charge is 0.162 e. The summed E-state index contributed by atoms with van der Waals surface area (Å²) in [6.07, 6.45) is 5.18. The highest BCUT2D eigenvalue weighted by atomic mass is 79.9. The molecule has 0 aromatic heterocycles. The molecule has 1 N–H and O–H groups in total. The predicted molar refractivity (Wildman–Crippen MR) is 85.6 cm³/mol. The largest absolute Gasteiger partial charge is 1.00 e. The Bertz CT molecular complexity index is 448. The van der Waals surface area contributed by atoms with Gasteiger partial charge in [0.05, 0.1) is 13.2 Å². The average molecular weight is 378 g/mol. The highest BCUT2D eigenvalue weighted by molar-refractivity contribution is 9.10. The minimum absolute atomic E-state index is 0. The molecule has 0 heterocycles. The molecule has 21 heavy (non-hydrogen) atoms. The molecule has 1 fully saturated rings. The molecule has 1 aromatic carbocycles. The van der Waals surface area contributed by atoms with Crippen LogP contribution in [0.4, 0.5) is 0 Å². The molecular weight excluding hydrogens is 354 g/mol. The van der Waals surface area contributed by atoms with E-state index >= 15 is 0 Å². The van der Waals surface area contributed by atoms with Crippen molar-refractivity contribution >= 4 is 15.9 Å². The third kappa shape index (κ3) is 5.35. The molecule has 3 nitrogen and oxygen atoms in total. The van der Waals surface area contributed by atoms with Crippen molar-refractivity contribution < 1.29 is 21.9 Å². The maximum atomic E-state index is 6.08. The van der Waals surface area contributed by atoms with Gasteiger partial charge in [0.2, 0.25) is 0 Å². The van der Waals surface area contributed by atoms with E-state index in [4.69, 9.17) is 9.47 Å². The Morgan fingerprint density at radius 2 is 1.90 bits per heavy atom. The lowest BCUT2D eigenvalue weighted by Gasteiger charge is -2.18. The van der Waals surface area contributed by atoms with Crippen LogP contribution in [0.1, 0.15) is 45.1 Å². The number of hydrogen-bond donors (Lipinski definition) is 1. The lowest BCUT2D eigenvalue weighted by molar-refractivity contribution is -0.00000539. The minimum Gasteiger partial charge on any atom is -1.00 e. The molecule has 0 aliphatic heterocycles. The van der Waals surface area contributed by atoms with E-state index < -0.39 is 0 Å². The molecule has 2 rings (SSSR count). The maximum Gasteiger partial charge on any atom is 0.162 e. The summed E-state index contributed by atoms with van der Waals surface area (Å²) in [5.74, 6) is 1.67. The van der Waals surface area contributed by atoms with Crippen LogP contribution in [-0.4, -0.2) is 19.3 Å². The molecule has 120 valence electrons. The normalized spacial score (nSPS) is 15.1. The molecule has 5 heteroatoms. The van der Waals surface area contributed by atoms with Crippen LogP contribution in [0.3, 0.4) is 0 Å². The van der Waals surface area contributed by atoms with Gasteiger partial charge in [0.25, 0.3) is 0 Å². The first-order valence-corrected chi connectivity index (χ1v) is 8.16. The van der Waals surface area contributed by atoms with Crippen molar-refractivity contribution in [2.75, 3.05) is 7.11 Å². The SMILES string of the molecule is COc1cc(CNC(C)C)c(Br)cc1OC1CCCC1.[Cl-]. The van der Waals surface area contributed by atoms with E-state index in [-0.39, 0.29) is 12.4 Å². The van der Waals surface area contributed by atoms with Gasteiger partial charge < -0.3 is 27.2 Å². The minimum atomic E-state index is 0. The third-order valence-electron chi connectivity index (χ3n) is 3.63. The second-order valence-corrected chi connectivity index (χ2v) is 6.51. The predicted octanol–water partition coefficient (Wildman–Crippen LogP) is 1.28. The van der Waals surface area contributed by atoms with E-state index in [1.54, 1.807) is 7.11 Å². The van der Waals surface area contributed by atoms with E-state index in [9.17, 15) is 0 Å². The molecule has 1 aliphatic carbocycles. The van der Waals surface area contributed by atoms with Gasteiger partial charge in [-0.2, -0.15) is 0 Å². The number of halogens is 2. The Balaban J connectivity index is 0.00000220. The van der Waals surface area contributed by atoms with Gasteiger partial charge >= 0.3 is 0 Å². The van der Waals surface area contributed by atoms with Crippen LogP contribution in [-0.2, 0) is 6.54 Å². The zero-order valence-electron chi connectivity index (χ0n) is 12.9. The molecule has 1 aliphatic rings. The number of benzene rings is 1. The van der Waals surface area contributed by atoms with Crippen LogP contribution < -0.4 is 27.2 Å². The Morgan fingerprint density at radius 1 is 1.24 bits per heavy atom. The fraction of sp³-hybridized carbons (Fsp3) is 0.625. The highest BCUT2D eigenvalue weighted by Gasteiger charge is 2.19. The van der Waals surface area contributed by atoms with Crippen LogP contribution in [0.15, 0.2) is 16.6 Å². The van der Waals surface area contributed by atoms with Gasteiger partial charge in [0, 0.05) is 17.1 Å². The van der Waals surface area contributed by atoms with Crippen molar-refractivity contribution in [3.05, 3.63) is 22.2 Å². The molecular formula is C16H24BrClNO2-. The first-order chi connectivity index (χ1) is 9.60. The molecule has 0 unspecified atom stereocenters.